The summed E-state index contributed by atoms with van der Waals surface area (Å²) in [5, 5.41) is 4.08. The van der Waals surface area contributed by atoms with Crippen molar-refractivity contribution in [1.82, 2.24) is 5.43 Å². The van der Waals surface area contributed by atoms with E-state index in [9.17, 15) is 4.79 Å². The maximum absolute atomic E-state index is 12.2. The molecule has 0 spiro atoms. The van der Waals surface area contributed by atoms with Crippen molar-refractivity contribution in [2.45, 2.75) is 32.6 Å². The monoisotopic (exact) mass is 334 g/mol. The summed E-state index contributed by atoms with van der Waals surface area (Å²) in [6.45, 7) is 2.25. The first kappa shape index (κ1) is 13.8. The lowest BCUT2D eigenvalue weighted by Gasteiger charge is -2.15. The Morgan fingerprint density at radius 3 is 2.80 bits per heavy atom. The van der Waals surface area contributed by atoms with Gasteiger partial charge in [-0.1, -0.05) is 47.8 Å². The summed E-state index contributed by atoms with van der Waals surface area (Å²) in [4.78, 5) is 12.2. The van der Waals surface area contributed by atoms with E-state index in [0.29, 0.717) is 5.92 Å². The van der Waals surface area contributed by atoms with Gasteiger partial charge in [0.1, 0.15) is 0 Å². The maximum atomic E-state index is 12.2. The quantitative estimate of drug-likeness (QED) is 0.664. The molecule has 0 unspecified atom stereocenters. The molecule has 3 rings (SSSR count). The number of nitrogens with zero attached hydrogens (tertiary/aromatic N) is 1. The Labute approximate surface area is 128 Å². The molecule has 0 aromatic heterocycles. The average molecular weight is 335 g/mol. The summed E-state index contributed by atoms with van der Waals surface area (Å²) < 4.78 is 1.04. The zero-order chi connectivity index (χ0) is 14.2. The molecule has 106 valence electrons. The first-order chi connectivity index (χ1) is 9.61. The molecule has 0 bridgehead atoms. The van der Waals surface area contributed by atoms with Crippen molar-refractivity contribution in [3.05, 3.63) is 34.3 Å². The summed E-state index contributed by atoms with van der Waals surface area (Å²) in [7, 11) is 0. The third-order valence-electron chi connectivity index (χ3n) is 4.87. The van der Waals surface area contributed by atoms with Gasteiger partial charge in [0.05, 0.1) is 6.21 Å². The number of amides is 1. The molecule has 2 aliphatic carbocycles. The standard InChI is InChI=1S/C16H19BrN2O/c1-16-9-3-2-4-13(16)14(16)15(20)19-18-10-11-5-7-12(17)8-6-11/h5-8,10,13-14H,2-4,9H2,1H3,(H,19,20)/b18-10-/t13-,14-,16-/m0/s1. The molecule has 3 nitrogen and oxygen atoms in total. The van der Waals surface area contributed by atoms with E-state index < -0.39 is 0 Å². The van der Waals surface area contributed by atoms with Crippen molar-refractivity contribution in [2.24, 2.45) is 22.4 Å². The fourth-order valence-electron chi connectivity index (χ4n) is 3.64. The number of rotatable bonds is 3. The number of hydrogen-bond donors (Lipinski definition) is 1. The second-order valence-corrected chi connectivity index (χ2v) is 7.04. The third-order valence-corrected chi connectivity index (χ3v) is 5.40. The molecule has 1 amide bonds. The van der Waals surface area contributed by atoms with Crippen molar-refractivity contribution >= 4 is 28.1 Å². The maximum Gasteiger partial charge on any atom is 0.244 e. The average Bonchev–Trinajstić information content (AvgIpc) is 3.06. The molecular formula is C16H19BrN2O. The van der Waals surface area contributed by atoms with Crippen LogP contribution in [0.3, 0.4) is 0 Å². The van der Waals surface area contributed by atoms with Crippen LogP contribution in [0.25, 0.3) is 0 Å². The van der Waals surface area contributed by atoms with Gasteiger partial charge in [-0.15, -0.1) is 0 Å². The van der Waals surface area contributed by atoms with E-state index in [1.807, 2.05) is 24.3 Å². The highest BCUT2D eigenvalue weighted by Crippen LogP contribution is 2.66. The van der Waals surface area contributed by atoms with Crippen LogP contribution in [0.15, 0.2) is 33.8 Å². The van der Waals surface area contributed by atoms with Gasteiger partial charge in [-0.3, -0.25) is 4.79 Å². The molecular weight excluding hydrogens is 316 g/mol. The fourth-order valence-corrected chi connectivity index (χ4v) is 3.90. The van der Waals surface area contributed by atoms with Gasteiger partial charge < -0.3 is 0 Å². The van der Waals surface area contributed by atoms with E-state index in [0.717, 1.165) is 10.0 Å². The molecule has 20 heavy (non-hydrogen) atoms. The third kappa shape index (κ3) is 2.53. The highest BCUT2D eigenvalue weighted by Gasteiger charge is 2.64. The highest BCUT2D eigenvalue weighted by atomic mass is 79.9. The minimum absolute atomic E-state index is 0.0905. The zero-order valence-electron chi connectivity index (χ0n) is 11.6. The van der Waals surface area contributed by atoms with Gasteiger partial charge in [0.25, 0.3) is 0 Å². The van der Waals surface area contributed by atoms with E-state index in [-0.39, 0.29) is 17.2 Å². The molecule has 0 radical (unpaired) electrons. The van der Waals surface area contributed by atoms with Gasteiger partial charge in [-0.25, -0.2) is 5.43 Å². The molecule has 3 atom stereocenters. The van der Waals surface area contributed by atoms with Crippen LogP contribution in [0, 0.1) is 17.3 Å². The second kappa shape index (κ2) is 5.32. The highest BCUT2D eigenvalue weighted by molar-refractivity contribution is 9.10. The number of halogens is 1. The van der Waals surface area contributed by atoms with Crippen molar-refractivity contribution in [3.8, 4) is 0 Å². The smallest absolute Gasteiger partial charge is 0.244 e. The van der Waals surface area contributed by atoms with Gasteiger partial charge in [-0.2, -0.15) is 5.10 Å². The zero-order valence-corrected chi connectivity index (χ0v) is 13.2. The van der Waals surface area contributed by atoms with Crippen molar-refractivity contribution in [3.63, 3.8) is 0 Å². The minimum Gasteiger partial charge on any atom is -0.273 e. The molecule has 2 saturated carbocycles. The number of carbonyl (C=O) groups excluding carboxylic acids is 1. The van der Waals surface area contributed by atoms with Crippen molar-refractivity contribution < 1.29 is 4.79 Å². The van der Waals surface area contributed by atoms with E-state index in [2.05, 4.69) is 33.4 Å². The number of hydrogen-bond acceptors (Lipinski definition) is 2. The topological polar surface area (TPSA) is 41.5 Å². The predicted octanol–water partition coefficient (Wildman–Crippen LogP) is 3.73. The molecule has 0 aliphatic heterocycles. The van der Waals surface area contributed by atoms with Crippen LogP contribution in [-0.2, 0) is 4.79 Å². The minimum atomic E-state index is 0.0905. The van der Waals surface area contributed by atoms with Crippen molar-refractivity contribution in [2.75, 3.05) is 0 Å². The van der Waals surface area contributed by atoms with Crippen LogP contribution < -0.4 is 5.43 Å². The van der Waals surface area contributed by atoms with E-state index in [4.69, 9.17) is 0 Å². The van der Waals surface area contributed by atoms with Crippen LogP contribution in [0.2, 0.25) is 0 Å². The Hall–Kier alpha value is -1.16. The lowest BCUT2D eigenvalue weighted by molar-refractivity contribution is -0.123. The number of nitrogens with one attached hydrogen (secondary N) is 1. The summed E-state index contributed by atoms with van der Waals surface area (Å²) in [6.07, 6.45) is 6.61. The molecule has 0 saturated heterocycles. The van der Waals surface area contributed by atoms with E-state index in [1.54, 1.807) is 6.21 Å². The van der Waals surface area contributed by atoms with Gasteiger partial charge in [0.2, 0.25) is 5.91 Å². The van der Waals surface area contributed by atoms with Crippen LogP contribution in [0.4, 0.5) is 0 Å². The lowest BCUT2D eigenvalue weighted by atomic mass is 9.90. The SMILES string of the molecule is C[C@]12CCCC[C@H]1[C@H]2C(=O)N/N=C\c1ccc(Br)cc1. The Kier molecular flexibility index (Phi) is 3.67. The van der Waals surface area contributed by atoms with Crippen LogP contribution in [0.5, 0.6) is 0 Å². The normalized spacial score (nSPS) is 31.9. The molecule has 1 N–H and O–H groups in total. The van der Waals surface area contributed by atoms with Gasteiger partial charge >= 0.3 is 0 Å². The Balaban J connectivity index is 1.56. The molecule has 2 fully saturated rings. The largest absolute Gasteiger partial charge is 0.273 e. The molecule has 1 aromatic rings. The summed E-state index contributed by atoms with van der Waals surface area (Å²) in [5.41, 5.74) is 3.93. The van der Waals surface area contributed by atoms with Crippen LogP contribution >= 0.6 is 15.9 Å². The number of hydrazone groups is 1. The Morgan fingerprint density at radius 2 is 2.15 bits per heavy atom. The van der Waals surface area contributed by atoms with Gasteiger partial charge in [0, 0.05) is 10.4 Å². The number of benzene rings is 1. The molecule has 1 aromatic carbocycles. The lowest BCUT2D eigenvalue weighted by Crippen LogP contribution is -2.22. The molecule has 2 aliphatic rings. The first-order valence-electron chi connectivity index (χ1n) is 7.20. The number of fused-ring (bicyclic) bond motifs is 1. The first-order valence-corrected chi connectivity index (χ1v) is 7.99. The summed E-state index contributed by atoms with van der Waals surface area (Å²) in [6, 6.07) is 7.83. The van der Waals surface area contributed by atoms with Gasteiger partial charge in [0.15, 0.2) is 0 Å². The van der Waals surface area contributed by atoms with Gasteiger partial charge in [-0.05, 0) is 41.9 Å². The van der Waals surface area contributed by atoms with E-state index >= 15 is 0 Å². The molecule has 0 heterocycles. The fraction of sp³-hybridized carbons (Fsp3) is 0.500. The second-order valence-electron chi connectivity index (χ2n) is 6.12. The Bertz CT molecular complexity index is 540. The molecule has 4 heteroatoms. The number of carbonyl (C=O) groups is 1. The van der Waals surface area contributed by atoms with Crippen LogP contribution in [0.1, 0.15) is 38.2 Å². The summed E-state index contributed by atoms with van der Waals surface area (Å²) in [5.74, 6) is 0.846. The predicted molar refractivity (Wildman–Crippen MR) is 83.4 cm³/mol. The van der Waals surface area contributed by atoms with Crippen LogP contribution in [-0.4, -0.2) is 12.1 Å². The summed E-state index contributed by atoms with van der Waals surface area (Å²) >= 11 is 3.39. The Morgan fingerprint density at radius 1 is 1.40 bits per heavy atom. The van der Waals surface area contributed by atoms with E-state index in [1.165, 1.54) is 25.7 Å². The van der Waals surface area contributed by atoms with Crippen molar-refractivity contribution in [1.29, 1.82) is 0 Å².